The SMILES string of the molecule is N#CCCN[C@H]1CC[C@H](n2cnc3cnc4[nH]ccc4c32)CC1. The summed E-state index contributed by atoms with van der Waals surface area (Å²) in [6, 6.07) is 5.31. The van der Waals surface area contributed by atoms with Crippen LogP contribution in [0, 0.1) is 11.3 Å². The van der Waals surface area contributed by atoms with Gasteiger partial charge in [-0.1, -0.05) is 0 Å². The summed E-state index contributed by atoms with van der Waals surface area (Å²) in [5, 5.41) is 13.3. The van der Waals surface area contributed by atoms with E-state index in [-0.39, 0.29) is 0 Å². The summed E-state index contributed by atoms with van der Waals surface area (Å²) in [4.78, 5) is 12.1. The second-order valence-corrected chi connectivity index (χ2v) is 6.25. The molecule has 0 amide bonds. The number of imidazole rings is 1. The minimum atomic E-state index is 0.495. The van der Waals surface area contributed by atoms with Crippen molar-refractivity contribution >= 4 is 22.1 Å². The smallest absolute Gasteiger partial charge is 0.139 e. The molecular formula is C17H20N6. The number of aromatic nitrogens is 4. The Morgan fingerprint density at radius 1 is 1.30 bits per heavy atom. The summed E-state index contributed by atoms with van der Waals surface area (Å²) < 4.78 is 2.33. The molecule has 3 aromatic rings. The minimum Gasteiger partial charge on any atom is -0.346 e. The van der Waals surface area contributed by atoms with Crippen LogP contribution in [0.3, 0.4) is 0 Å². The van der Waals surface area contributed by atoms with E-state index in [0.29, 0.717) is 18.5 Å². The molecule has 0 bridgehead atoms. The van der Waals surface area contributed by atoms with E-state index in [1.165, 1.54) is 5.52 Å². The van der Waals surface area contributed by atoms with Crippen molar-refractivity contribution < 1.29 is 0 Å². The van der Waals surface area contributed by atoms with Gasteiger partial charge in [0.2, 0.25) is 0 Å². The van der Waals surface area contributed by atoms with Crippen LogP contribution in [-0.4, -0.2) is 32.1 Å². The fraction of sp³-hybridized carbons (Fsp3) is 0.471. The normalized spacial score (nSPS) is 21.7. The number of hydrogen-bond acceptors (Lipinski definition) is 4. The maximum absolute atomic E-state index is 8.62. The summed E-state index contributed by atoms with van der Waals surface area (Å²) in [5.74, 6) is 0. The predicted octanol–water partition coefficient (Wildman–Crippen LogP) is 2.90. The molecule has 6 heteroatoms. The van der Waals surface area contributed by atoms with Crippen LogP contribution in [0.2, 0.25) is 0 Å². The molecule has 4 rings (SSSR count). The number of pyridine rings is 1. The molecule has 0 atom stereocenters. The van der Waals surface area contributed by atoms with E-state index in [2.05, 4.69) is 37.0 Å². The topological polar surface area (TPSA) is 82.3 Å². The highest BCUT2D eigenvalue weighted by Crippen LogP contribution is 2.33. The van der Waals surface area contributed by atoms with Gasteiger partial charge < -0.3 is 14.9 Å². The lowest BCUT2D eigenvalue weighted by atomic mass is 9.91. The molecule has 3 heterocycles. The molecule has 0 saturated heterocycles. The highest BCUT2D eigenvalue weighted by molar-refractivity contribution is 6.00. The third kappa shape index (κ3) is 2.57. The number of H-pyrrole nitrogens is 1. The summed E-state index contributed by atoms with van der Waals surface area (Å²) in [7, 11) is 0. The maximum atomic E-state index is 8.62. The van der Waals surface area contributed by atoms with E-state index >= 15 is 0 Å². The predicted molar refractivity (Wildman–Crippen MR) is 88.9 cm³/mol. The first-order valence-electron chi connectivity index (χ1n) is 8.26. The lowest BCUT2D eigenvalue weighted by Crippen LogP contribution is -2.34. The number of nitrogens with zero attached hydrogens (tertiary/aromatic N) is 4. The number of nitrogens with one attached hydrogen (secondary N) is 2. The van der Waals surface area contributed by atoms with Gasteiger partial charge in [-0.25, -0.2) is 9.97 Å². The molecule has 0 unspecified atom stereocenters. The molecule has 23 heavy (non-hydrogen) atoms. The van der Waals surface area contributed by atoms with E-state index in [1.54, 1.807) is 0 Å². The van der Waals surface area contributed by atoms with Gasteiger partial charge in [-0.2, -0.15) is 5.26 Å². The monoisotopic (exact) mass is 308 g/mol. The Kier molecular flexibility index (Phi) is 3.72. The number of rotatable bonds is 4. The standard InChI is InChI=1S/C17H20N6/c18-7-1-8-19-12-2-4-13(5-3-12)23-11-22-15-10-21-17-14(16(15)23)6-9-20-17/h6,9-13,19H,1-5,8H2,(H,20,21)/t12-,13-. The number of hydrogen-bond donors (Lipinski definition) is 2. The maximum Gasteiger partial charge on any atom is 0.139 e. The zero-order valence-corrected chi connectivity index (χ0v) is 13.0. The van der Waals surface area contributed by atoms with Gasteiger partial charge in [0.05, 0.1) is 24.1 Å². The summed E-state index contributed by atoms with van der Waals surface area (Å²) in [5.41, 5.74) is 3.08. The molecule has 1 aliphatic rings. The highest BCUT2D eigenvalue weighted by atomic mass is 15.1. The minimum absolute atomic E-state index is 0.495. The fourth-order valence-corrected chi connectivity index (χ4v) is 3.70. The first kappa shape index (κ1) is 14.2. The first-order valence-corrected chi connectivity index (χ1v) is 8.26. The van der Waals surface area contributed by atoms with Crippen molar-refractivity contribution in [2.24, 2.45) is 0 Å². The van der Waals surface area contributed by atoms with Gasteiger partial charge in [-0.3, -0.25) is 0 Å². The van der Waals surface area contributed by atoms with Gasteiger partial charge in [-0.15, -0.1) is 0 Å². The molecule has 3 aromatic heterocycles. The van der Waals surface area contributed by atoms with Gasteiger partial charge in [0.15, 0.2) is 0 Å². The Labute approximate surface area is 134 Å². The van der Waals surface area contributed by atoms with Crippen molar-refractivity contribution in [1.29, 1.82) is 5.26 Å². The molecule has 1 saturated carbocycles. The van der Waals surface area contributed by atoms with Crippen LogP contribution in [0.5, 0.6) is 0 Å². The van der Waals surface area contributed by atoms with Crippen molar-refractivity contribution in [3.8, 4) is 6.07 Å². The second-order valence-electron chi connectivity index (χ2n) is 6.25. The molecule has 1 fully saturated rings. The van der Waals surface area contributed by atoms with Crippen LogP contribution in [0.1, 0.15) is 38.1 Å². The molecular weight excluding hydrogens is 288 g/mol. The lowest BCUT2D eigenvalue weighted by molar-refractivity contribution is 0.296. The Morgan fingerprint density at radius 3 is 3.00 bits per heavy atom. The molecule has 2 N–H and O–H groups in total. The highest BCUT2D eigenvalue weighted by Gasteiger charge is 2.23. The third-order valence-corrected chi connectivity index (χ3v) is 4.88. The molecule has 0 aliphatic heterocycles. The number of fused-ring (bicyclic) bond motifs is 3. The summed E-state index contributed by atoms with van der Waals surface area (Å²) >= 11 is 0. The lowest BCUT2D eigenvalue weighted by Gasteiger charge is -2.30. The molecule has 1 aliphatic carbocycles. The second kappa shape index (κ2) is 6.01. The first-order chi connectivity index (χ1) is 11.4. The number of aromatic amines is 1. The molecule has 0 spiro atoms. The van der Waals surface area contributed by atoms with Gasteiger partial charge in [0, 0.05) is 36.6 Å². The Hall–Kier alpha value is -2.39. The van der Waals surface area contributed by atoms with E-state index in [0.717, 1.165) is 48.8 Å². The van der Waals surface area contributed by atoms with Crippen molar-refractivity contribution in [2.45, 2.75) is 44.2 Å². The van der Waals surface area contributed by atoms with Crippen molar-refractivity contribution in [1.82, 2.24) is 24.8 Å². The summed E-state index contributed by atoms with van der Waals surface area (Å²) in [6.45, 7) is 0.801. The van der Waals surface area contributed by atoms with Crippen LogP contribution in [-0.2, 0) is 0 Å². The quantitative estimate of drug-likeness (QED) is 0.726. The van der Waals surface area contributed by atoms with Gasteiger partial charge in [-0.05, 0) is 31.7 Å². The summed E-state index contributed by atoms with van der Waals surface area (Å²) in [6.07, 6.45) is 10.9. The van der Waals surface area contributed by atoms with Crippen LogP contribution >= 0.6 is 0 Å². The van der Waals surface area contributed by atoms with Gasteiger partial charge >= 0.3 is 0 Å². The molecule has 6 nitrogen and oxygen atoms in total. The van der Waals surface area contributed by atoms with Crippen molar-refractivity contribution in [3.05, 3.63) is 24.8 Å². The van der Waals surface area contributed by atoms with E-state index in [1.807, 2.05) is 18.7 Å². The van der Waals surface area contributed by atoms with E-state index in [9.17, 15) is 0 Å². The molecule has 0 radical (unpaired) electrons. The van der Waals surface area contributed by atoms with Crippen molar-refractivity contribution in [3.63, 3.8) is 0 Å². The van der Waals surface area contributed by atoms with Crippen LogP contribution in [0.4, 0.5) is 0 Å². The van der Waals surface area contributed by atoms with E-state index in [4.69, 9.17) is 5.26 Å². The fourth-order valence-electron chi connectivity index (χ4n) is 3.70. The van der Waals surface area contributed by atoms with Crippen LogP contribution in [0.15, 0.2) is 24.8 Å². The zero-order chi connectivity index (χ0) is 15.6. The zero-order valence-electron chi connectivity index (χ0n) is 13.0. The van der Waals surface area contributed by atoms with Crippen LogP contribution in [0.25, 0.3) is 22.1 Å². The van der Waals surface area contributed by atoms with Crippen LogP contribution < -0.4 is 5.32 Å². The average Bonchev–Trinajstić information content (AvgIpc) is 3.21. The molecule has 0 aromatic carbocycles. The van der Waals surface area contributed by atoms with Crippen molar-refractivity contribution in [2.75, 3.05) is 6.54 Å². The van der Waals surface area contributed by atoms with E-state index < -0.39 is 0 Å². The number of nitriles is 1. The Bertz CT molecular complexity index is 847. The largest absolute Gasteiger partial charge is 0.346 e. The average molecular weight is 308 g/mol. The Balaban J connectivity index is 1.54. The Morgan fingerprint density at radius 2 is 2.17 bits per heavy atom. The third-order valence-electron chi connectivity index (χ3n) is 4.88. The van der Waals surface area contributed by atoms with Gasteiger partial charge in [0.1, 0.15) is 11.2 Å². The molecule has 118 valence electrons. The van der Waals surface area contributed by atoms with Gasteiger partial charge in [0.25, 0.3) is 0 Å².